The van der Waals surface area contributed by atoms with Gasteiger partial charge in [0.05, 0.1) is 27.2 Å². The van der Waals surface area contributed by atoms with E-state index in [1.807, 2.05) is 0 Å². The van der Waals surface area contributed by atoms with Crippen molar-refractivity contribution in [3.63, 3.8) is 0 Å². The highest BCUT2D eigenvalue weighted by molar-refractivity contribution is 5.92. The number of carbonyl (C=O) groups excluding carboxylic acids is 2. The minimum absolute atomic E-state index is 0.154. The molecule has 0 bridgehead atoms. The number of ether oxygens (including phenoxy) is 2. The SMILES string of the molecule is [C-]#[N+]/C(C(=O)OC)=C(\N)CC(=O)OC. The van der Waals surface area contributed by atoms with Gasteiger partial charge < -0.3 is 15.2 Å². The van der Waals surface area contributed by atoms with Crippen molar-refractivity contribution in [2.45, 2.75) is 6.42 Å². The predicted molar refractivity (Wildman–Crippen MR) is 46.5 cm³/mol. The van der Waals surface area contributed by atoms with Crippen LogP contribution in [-0.4, -0.2) is 26.2 Å². The molecule has 0 aromatic heterocycles. The predicted octanol–water partition coefficient (Wildman–Crippen LogP) is -0.188. The minimum atomic E-state index is -0.860. The van der Waals surface area contributed by atoms with Gasteiger partial charge in [0.15, 0.2) is 0 Å². The summed E-state index contributed by atoms with van der Waals surface area (Å²) in [6.07, 6.45) is -0.302. The fraction of sp³-hybridized carbons (Fsp3) is 0.375. The zero-order chi connectivity index (χ0) is 11.1. The van der Waals surface area contributed by atoms with Crippen LogP contribution in [0.4, 0.5) is 0 Å². The molecule has 14 heavy (non-hydrogen) atoms. The molecule has 0 aliphatic rings. The largest absolute Gasteiger partial charge is 0.474 e. The highest BCUT2D eigenvalue weighted by Crippen LogP contribution is 2.07. The summed E-state index contributed by atoms with van der Waals surface area (Å²) in [4.78, 5) is 24.6. The fourth-order valence-electron chi connectivity index (χ4n) is 0.657. The zero-order valence-corrected chi connectivity index (χ0v) is 7.86. The standard InChI is InChI=1S/C8H10N2O4/c1-10-7(8(12)14-3)5(9)4-6(11)13-2/h4,9H2,2-3H3/b7-5-. The summed E-state index contributed by atoms with van der Waals surface area (Å²) in [6.45, 7) is 6.66. The van der Waals surface area contributed by atoms with Gasteiger partial charge in [0.25, 0.3) is 5.70 Å². The van der Waals surface area contributed by atoms with Gasteiger partial charge in [-0.15, -0.1) is 0 Å². The monoisotopic (exact) mass is 198 g/mol. The van der Waals surface area contributed by atoms with Crippen LogP contribution in [0.2, 0.25) is 0 Å². The Hall–Kier alpha value is -2.03. The van der Waals surface area contributed by atoms with E-state index in [2.05, 4.69) is 14.3 Å². The Balaban J connectivity index is 4.78. The van der Waals surface area contributed by atoms with Crippen LogP contribution in [0.1, 0.15) is 6.42 Å². The number of esters is 2. The third-order valence-corrected chi connectivity index (χ3v) is 1.36. The molecule has 0 heterocycles. The maximum absolute atomic E-state index is 10.9. The first-order valence-corrected chi connectivity index (χ1v) is 3.58. The number of hydrogen-bond acceptors (Lipinski definition) is 5. The molecule has 0 radical (unpaired) electrons. The van der Waals surface area contributed by atoms with Crippen LogP contribution in [0.5, 0.6) is 0 Å². The van der Waals surface area contributed by atoms with Gasteiger partial charge in [0.2, 0.25) is 0 Å². The number of hydrogen-bond donors (Lipinski definition) is 1. The Morgan fingerprint density at radius 2 is 1.93 bits per heavy atom. The van der Waals surface area contributed by atoms with Gasteiger partial charge in [-0.1, -0.05) is 0 Å². The topological polar surface area (TPSA) is 83.0 Å². The van der Waals surface area contributed by atoms with E-state index in [9.17, 15) is 9.59 Å². The third-order valence-electron chi connectivity index (χ3n) is 1.36. The molecule has 0 aromatic carbocycles. The Morgan fingerprint density at radius 1 is 1.36 bits per heavy atom. The van der Waals surface area contributed by atoms with Crippen molar-refractivity contribution in [3.05, 3.63) is 22.8 Å². The average Bonchev–Trinajstić information content (AvgIpc) is 2.18. The first-order valence-electron chi connectivity index (χ1n) is 3.58. The molecular formula is C8H10N2O4. The number of rotatable bonds is 3. The molecule has 0 saturated heterocycles. The normalized spacial score (nSPS) is 10.9. The van der Waals surface area contributed by atoms with Crippen LogP contribution in [0.25, 0.3) is 4.85 Å². The van der Waals surface area contributed by atoms with E-state index < -0.39 is 17.6 Å². The molecule has 0 aliphatic heterocycles. The minimum Gasteiger partial charge on any atom is -0.474 e. The third kappa shape index (κ3) is 3.15. The lowest BCUT2D eigenvalue weighted by Crippen LogP contribution is -2.14. The summed E-state index contributed by atoms with van der Waals surface area (Å²) in [7, 11) is 2.31. The second kappa shape index (κ2) is 5.59. The second-order valence-corrected chi connectivity index (χ2v) is 2.23. The molecule has 0 spiro atoms. The molecule has 0 fully saturated rings. The molecular weight excluding hydrogens is 188 g/mol. The Morgan fingerprint density at radius 3 is 2.29 bits per heavy atom. The van der Waals surface area contributed by atoms with E-state index in [0.29, 0.717) is 0 Å². The van der Waals surface area contributed by atoms with Crippen LogP contribution in [0.15, 0.2) is 11.4 Å². The summed E-state index contributed by atoms with van der Waals surface area (Å²) in [5.74, 6) is -1.48. The Labute approximate surface area is 81.1 Å². The van der Waals surface area contributed by atoms with Gasteiger partial charge in [-0.3, -0.25) is 9.59 Å². The lowest BCUT2D eigenvalue weighted by molar-refractivity contribution is -0.139. The molecule has 0 aromatic rings. The summed E-state index contributed by atoms with van der Waals surface area (Å²) in [6, 6.07) is 0. The molecule has 2 N–H and O–H groups in total. The molecule has 0 saturated carbocycles. The highest BCUT2D eigenvalue weighted by atomic mass is 16.5. The summed E-state index contributed by atoms with van der Waals surface area (Å²) < 4.78 is 8.62. The highest BCUT2D eigenvalue weighted by Gasteiger charge is 2.16. The molecule has 0 amide bonds. The number of carbonyl (C=O) groups is 2. The Kier molecular flexibility index (Phi) is 4.78. The first kappa shape index (κ1) is 12.0. The van der Waals surface area contributed by atoms with Gasteiger partial charge in [-0.2, -0.15) is 0 Å². The second-order valence-electron chi connectivity index (χ2n) is 2.23. The maximum Gasteiger partial charge on any atom is 0.337 e. The Bertz CT molecular complexity index is 314. The van der Waals surface area contributed by atoms with E-state index >= 15 is 0 Å². The van der Waals surface area contributed by atoms with Crippen LogP contribution < -0.4 is 5.73 Å². The lowest BCUT2D eigenvalue weighted by Gasteiger charge is -2.02. The van der Waals surface area contributed by atoms with Crippen molar-refractivity contribution < 1.29 is 19.1 Å². The quantitative estimate of drug-likeness (QED) is 0.386. The molecule has 6 heteroatoms. The van der Waals surface area contributed by atoms with Crippen LogP contribution in [0, 0.1) is 6.57 Å². The molecule has 6 nitrogen and oxygen atoms in total. The van der Waals surface area contributed by atoms with E-state index in [4.69, 9.17) is 12.3 Å². The van der Waals surface area contributed by atoms with Gasteiger partial charge >= 0.3 is 11.9 Å². The van der Waals surface area contributed by atoms with E-state index in [0.717, 1.165) is 7.11 Å². The van der Waals surface area contributed by atoms with Crippen LogP contribution in [-0.2, 0) is 19.1 Å². The van der Waals surface area contributed by atoms with Crippen molar-refractivity contribution in [2.24, 2.45) is 5.73 Å². The smallest absolute Gasteiger partial charge is 0.337 e. The van der Waals surface area contributed by atoms with Crippen LogP contribution in [0.3, 0.4) is 0 Å². The molecule has 76 valence electrons. The molecule has 0 aliphatic carbocycles. The van der Waals surface area contributed by atoms with Gasteiger partial charge in [-0.25, -0.2) is 4.85 Å². The summed E-state index contributed by atoms with van der Waals surface area (Å²) >= 11 is 0. The number of nitrogens with zero attached hydrogens (tertiary/aromatic N) is 1. The van der Waals surface area contributed by atoms with Gasteiger partial charge in [-0.05, 0) is 0 Å². The van der Waals surface area contributed by atoms with Crippen molar-refractivity contribution >= 4 is 11.9 Å². The summed E-state index contributed by atoms with van der Waals surface area (Å²) in [5, 5.41) is 0. The lowest BCUT2D eigenvalue weighted by atomic mass is 10.2. The van der Waals surface area contributed by atoms with E-state index in [1.54, 1.807) is 0 Å². The van der Waals surface area contributed by atoms with E-state index in [-0.39, 0.29) is 12.1 Å². The van der Waals surface area contributed by atoms with Gasteiger partial charge in [0.1, 0.15) is 0 Å². The first-order chi connectivity index (χ1) is 6.56. The van der Waals surface area contributed by atoms with Crippen molar-refractivity contribution in [2.75, 3.05) is 14.2 Å². The molecule has 0 atom stereocenters. The summed E-state index contributed by atoms with van der Waals surface area (Å²) in [5.41, 5.74) is 4.80. The van der Waals surface area contributed by atoms with Crippen molar-refractivity contribution in [3.8, 4) is 0 Å². The van der Waals surface area contributed by atoms with Gasteiger partial charge in [0, 0.05) is 5.70 Å². The van der Waals surface area contributed by atoms with Crippen molar-refractivity contribution in [1.82, 2.24) is 0 Å². The zero-order valence-electron chi connectivity index (χ0n) is 7.86. The molecule has 0 unspecified atom stereocenters. The maximum atomic E-state index is 10.9. The van der Waals surface area contributed by atoms with Crippen molar-refractivity contribution in [1.29, 1.82) is 0 Å². The molecule has 0 rings (SSSR count). The fourth-order valence-corrected chi connectivity index (χ4v) is 0.657. The number of methoxy groups -OCH3 is 2. The van der Waals surface area contributed by atoms with Crippen LogP contribution >= 0.6 is 0 Å². The average molecular weight is 198 g/mol. The van der Waals surface area contributed by atoms with E-state index in [1.165, 1.54) is 7.11 Å². The number of nitrogens with two attached hydrogens (primary N) is 1.